The Morgan fingerprint density at radius 1 is 1.03 bits per heavy atom. The van der Waals surface area contributed by atoms with Gasteiger partial charge in [0, 0.05) is 19.2 Å². The van der Waals surface area contributed by atoms with E-state index in [0.29, 0.717) is 12.8 Å². The molecule has 0 unspecified atom stereocenters. The fourth-order valence-corrected chi connectivity index (χ4v) is 4.63. The molecule has 3 rings (SSSR count). The van der Waals surface area contributed by atoms with Gasteiger partial charge in [0.05, 0.1) is 11.5 Å². The third-order valence-corrected chi connectivity index (χ3v) is 6.84. The van der Waals surface area contributed by atoms with Crippen molar-refractivity contribution in [2.45, 2.75) is 44.4 Å². The van der Waals surface area contributed by atoms with Crippen LogP contribution >= 0.6 is 0 Å². The average molecular weight is 454 g/mol. The van der Waals surface area contributed by atoms with Crippen LogP contribution in [0.4, 0.5) is 0 Å². The second kappa shape index (κ2) is 11.2. The van der Waals surface area contributed by atoms with Gasteiger partial charge in [0.2, 0.25) is 5.91 Å². The summed E-state index contributed by atoms with van der Waals surface area (Å²) in [6, 6.07) is 16.6. The Kier molecular flexibility index (Phi) is 8.42. The lowest BCUT2D eigenvalue weighted by molar-refractivity contribution is -0.125. The van der Waals surface area contributed by atoms with Crippen LogP contribution in [0.25, 0.3) is 5.57 Å². The van der Waals surface area contributed by atoms with E-state index in [1.165, 1.54) is 0 Å². The summed E-state index contributed by atoms with van der Waals surface area (Å²) in [5, 5.41) is 0. The third-order valence-electron chi connectivity index (χ3n) is 5.51. The second-order valence-corrected chi connectivity index (χ2v) is 9.69. The molecule has 32 heavy (non-hydrogen) atoms. The number of carbonyl (C=O) groups excluding carboxylic acids is 1. The predicted octanol–water partition coefficient (Wildman–Crippen LogP) is 5.13. The van der Waals surface area contributed by atoms with E-state index >= 15 is 0 Å². The van der Waals surface area contributed by atoms with E-state index in [0.717, 1.165) is 48.2 Å². The van der Waals surface area contributed by atoms with Gasteiger partial charge in [0.25, 0.3) is 10.1 Å². The summed E-state index contributed by atoms with van der Waals surface area (Å²) >= 11 is 0. The van der Waals surface area contributed by atoms with Crippen LogP contribution in [0, 0.1) is 6.92 Å². The van der Waals surface area contributed by atoms with Crippen molar-refractivity contribution in [2.24, 2.45) is 0 Å². The summed E-state index contributed by atoms with van der Waals surface area (Å²) in [6.07, 6.45) is 7.07. The van der Waals surface area contributed by atoms with Gasteiger partial charge in [-0.05, 0) is 68.4 Å². The lowest BCUT2D eigenvalue weighted by atomic mass is 9.97. The average Bonchev–Trinajstić information content (AvgIpc) is 3.32. The first-order valence-corrected chi connectivity index (χ1v) is 12.5. The van der Waals surface area contributed by atoms with E-state index in [4.69, 9.17) is 4.18 Å². The minimum absolute atomic E-state index is 0.0503. The van der Waals surface area contributed by atoms with Crippen LogP contribution in [-0.2, 0) is 19.1 Å². The number of allylic oxidation sites excluding steroid dienone is 3. The standard InChI is InChI=1S/C26H31NO4S/c1-21-13-15-24(16-14-21)32(29,30)31-19-9-6-12-25(23-10-4-3-5-11-23)22(2)20-26(28)27-17-7-8-18-27/h3-5,10-16,20H,6-9,17-19H2,1-2H3/b22-20-,25-12-. The van der Waals surface area contributed by atoms with E-state index < -0.39 is 10.1 Å². The molecular weight excluding hydrogens is 422 g/mol. The maximum atomic E-state index is 12.6. The Balaban J connectivity index is 1.64. The molecule has 2 aromatic carbocycles. The molecule has 0 aliphatic carbocycles. The lowest BCUT2D eigenvalue weighted by Gasteiger charge is -2.14. The van der Waals surface area contributed by atoms with Crippen LogP contribution in [0.1, 0.15) is 43.7 Å². The molecule has 0 saturated carbocycles. The van der Waals surface area contributed by atoms with Crippen molar-refractivity contribution in [3.8, 4) is 0 Å². The van der Waals surface area contributed by atoms with Gasteiger partial charge in [-0.2, -0.15) is 8.42 Å². The van der Waals surface area contributed by atoms with Gasteiger partial charge in [-0.25, -0.2) is 0 Å². The van der Waals surface area contributed by atoms with Crippen LogP contribution in [0.3, 0.4) is 0 Å². The smallest absolute Gasteiger partial charge is 0.296 e. The zero-order valence-electron chi connectivity index (χ0n) is 18.8. The molecule has 1 saturated heterocycles. The van der Waals surface area contributed by atoms with Crippen molar-refractivity contribution in [2.75, 3.05) is 19.7 Å². The number of amides is 1. The molecule has 1 heterocycles. The zero-order valence-corrected chi connectivity index (χ0v) is 19.6. The Morgan fingerprint density at radius 2 is 1.69 bits per heavy atom. The molecule has 1 aliphatic heterocycles. The molecule has 1 fully saturated rings. The van der Waals surface area contributed by atoms with Gasteiger partial charge in [-0.1, -0.05) is 54.1 Å². The quantitative estimate of drug-likeness (QED) is 0.228. The highest BCUT2D eigenvalue weighted by Gasteiger charge is 2.17. The Bertz CT molecular complexity index is 1060. The van der Waals surface area contributed by atoms with Crippen LogP contribution in [0.2, 0.25) is 0 Å². The number of aryl methyl sites for hydroxylation is 1. The number of rotatable bonds is 9. The van der Waals surface area contributed by atoms with Gasteiger partial charge in [0.15, 0.2) is 0 Å². The van der Waals surface area contributed by atoms with Gasteiger partial charge in [0.1, 0.15) is 0 Å². The van der Waals surface area contributed by atoms with Crippen LogP contribution < -0.4 is 0 Å². The zero-order chi connectivity index (χ0) is 23.0. The first kappa shape index (κ1) is 24.0. The molecule has 0 radical (unpaired) electrons. The summed E-state index contributed by atoms with van der Waals surface area (Å²) < 4.78 is 29.9. The molecular formula is C26H31NO4S. The summed E-state index contributed by atoms with van der Waals surface area (Å²) in [5.41, 5.74) is 3.92. The van der Waals surface area contributed by atoms with E-state index in [2.05, 4.69) is 6.08 Å². The molecule has 1 amide bonds. The number of unbranched alkanes of at least 4 members (excludes halogenated alkanes) is 1. The second-order valence-electron chi connectivity index (χ2n) is 8.07. The van der Waals surface area contributed by atoms with Crippen LogP contribution in [0.15, 0.2) is 77.2 Å². The Morgan fingerprint density at radius 3 is 2.34 bits per heavy atom. The van der Waals surface area contributed by atoms with Crippen molar-refractivity contribution in [3.63, 3.8) is 0 Å². The number of benzene rings is 2. The molecule has 0 spiro atoms. The maximum absolute atomic E-state index is 12.6. The number of nitrogens with zero attached hydrogens (tertiary/aromatic N) is 1. The van der Waals surface area contributed by atoms with E-state index in [-0.39, 0.29) is 17.4 Å². The molecule has 6 heteroatoms. The predicted molar refractivity (Wildman–Crippen MR) is 128 cm³/mol. The molecule has 0 aromatic heterocycles. The molecule has 5 nitrogen and oxygen atoms in total. The Labute approximate surface area is 191 Å². The van der Waals surface area contributed by atoms with Gasteiger partial charge >= 0.3 is 0 Å². The van der Waals surface area contributed by atoms with Gasteiger partial charge < -0.3 is 4.90 Å². The highest BCUT2D eigenvalue weighted by atomic mass is 32.2. The lowest BCUT2D eigenvalue weighted by Crippen LogP contribution is -2.25. The van der Waals surface area contributed by atoms with Crippen molar-refractivity contribution in [3.05, 3.63) is 83.4 Å². The fraction of sp³-hybridized carbons (Fsp3) is 0.346. The maximum Gasteiger partial charge on any atom is 0.296 e. The van der Waals surface area contributed by atoms with E-state index in [1.807, 2.05) is 49.1 Å². The minimum atomic E-state index is -3.75. The monoisotopic (exact) mass is 453 g/mol. The van der Waals surface area contributed by atoms with Crippen molar-refractivity contribution >= 4 is 21.6 Å². The number of carbonyl (C=O) groups is 1. The number of hydrogen-bond acceptors (Lipinski definition) is 4. The molecule has 2 aromatic rings. The highest BCUT2D eigenvalue weighted by Crippen LogP contribution is 2.24. The largest absolute Gasteiger partial charge is 0.339 e. The van der Waals surface area contributed by atoms with Crippen molar-refractivity contribution in [1.82, 2.24) is 4.90 Å². The first-order valence-electron chi connectivity index (χ1n) is 11.1. The van der Waals surface area contributed by atoms with Crippen molar-refractivity contribution in [1.29, 1.82) is 0 Å². The Hall–Kier alpha value is -2.70. The number of hydrogen-bond donors (Lipinski definition) is 0. The van der Waals surface area contributed by atoms with E-state index in [1.54, 1.807) is 30.3 Å². The SMILES string of the molecule is CC(=C/C(=O)N1CCCC1)/C(=C/CCCOS(=O)(=O)c1ccc(C)cc1)c1ccccc1. The number of likely N-dealkylation sites (tertiary alicyclic amines) is 1. The molecule has 0 N–H and O–H groups in total. The summed E-state index contributed by atoms with van der Waals surface area (Å²) in [6.45, 7) is 5.60. The molecule has 1 aliphatic rings. The third kappa shape index (κ3) is 6.65. The molecule has 0 atom stereocenters. The highest BCUT2D eigenvalue weighted by molar-refractivity contribution is 7.86. The summed E-state index contributed by atoms with van der Waals surface area (Å²) in [5.74, 6) is 0.0503. The molecule has 170 valence electrons. The minimum Gasteiger partial charge on any atom is -0.339 e. The van der Waals surface area contributed by atoms with Crippen LogP contribution in [-0.4, -0.2) is 38.9 Å². The fourth-order valence-electron chi connectivity index (χ4n) is 3.69. The normalized spacial score (nSPS) is 15.2. The van der Waals surface area contributed by atoms with Crippen LogP contribution in [0.5, 0.6) is 0 Å². The summed E-state index contributed by atoms with van der Waals surface area (Å²) in [4.78, 5) is 14.6. The van der Waals surface area contributed by atoms with Gasteiger partial charge in [-0.15, -0.1) is 0 Å². The van der Waals surface area contributed by atoms with E-state index in [9.17, 15) is 13.2 Å². The summed E-state index contributed by atoms with van der Waals surface area (Å²) in [7, 11) is -3.75. The first-order chi connectivity index (χ1) is 15.4. The molecule has 0 bridgehead atoms. The van der Waals surface area contributed by atoms with Gasteiger partial charge in [-0.3, -0.25) is 8.98 Å². The topological polar surface area (TPSA) is 63.7 Å². The van der Waals surface area contributed by atoms with Crippen molar-refractivity contribution < 1.29 is 17.4 Å².